The average Bonchev–Trinajstić information content (AvgIpc) is 2.26. The van der Waals surface area contributed by atoms with Crippen molar-refractivity contribution >= 4 is 11.9 Å². The third-order valence-corrected chi connectivity index (χ3v) is 2.48. The van der Waals surface area contributed by atoms with Gasteiger partial charge in [-0.15, -0.1) is 12.3 Å². The second-order valence-corrected chi connectivity index (χ2v) is 4.09. The highest BCUT2D eigenvalue weighted by Crippen LogP contribution is 2.09. The number of nitrogens with two attached hydrogens (primary N) is 1. The lowest BCUT2D eigenvalue weighted by atomic mass is 10.0. The van der Waals surface area contributed by atoms with Gasteiger partial charge in [-0.2, -0.15) is 0 Å². The summed E-state index contributed by atoms with van der Waals surface area (Å²) in [6.07, 6.45) is 6.89. The predicted molar refractivity (Wildman–Crippen MR) is 65.1 cm³/mol. The third-order valence-electron chi connectivity index (χ3n) is 2.48. The SMILES string of the molecule is C#CCC(NC(=O)CCC(C)CCN)C(=O)O. The van der Waals surface area contributed by atoms with Crippen LogP contribution in [0.15, 0.2) is 0 Å². The van der Waals surface area contributed by atoms with E-state index in [0.717, 1.165) is 6.42 Å². The zero-order valence-electron chi connectivity index (χ0n) is 10.1. The Labute approximate surface area is 102 Å². The summed E-state index contributed by atoms with van der Waals surface area (Å²) in [6, 6.07) is -0.989. The number of aliphatic carboxylic acids is 1. The molecule has 2 unspecified atom stereocenters. The highest BCUT2D eigenvalue weighted by atomic mass is 16.4. The molecular weight excluding hydrogens is 220 g/mol. The molecule has 0 aliphatic heterocycles. The van der Waals surface area contributed by atoms with Gasteiger partial charge in [0.05, 0.1) is 0 Å². The van der Waals surface area contributed by atoms with Crippen molar-refractivity contribution in [1.29, 1.82) is 0 Å². The van der Waals surface area contributed by atoms with Gasteiger partial charge in [0.1, 0.15) is 6.04 Å². The summed E-state index contributed by atoms with van der Waals surface area (Å²) in [5.74, 6) is 1.20. The largest absolute Gasteiger partial charge is 0.480 e. The number of carboxylic acids is 1. The molecule has 96 valence electrons. The van der Waals surface area contributed by atoms with Gasteiger partial charge in [0, 0.05) is 12.8 Å². The van der Waals surface area contributed by atoms with Crippen molar-refractivity contribution < 1.29 is 14.7 Å². The van der Waals surface area contributed by atoms with E-state index in [1.165, 1.54) is 0 Å². The summed E-state index contributed by atoms with van der Waals surface area (Å²) in [7, 11) is 0. The van der Waals surface area contributed by atoms with Gasteiger partial charge < -0.3 is 16.2 Å². The van der Waals surface area contributed by atoms with Crippen molar-refractivity contribution in [1.82, 2.24) is 5.32 Å². The van der Waals surface area contributed by atoms with Crippen LogP contribution in [0.5, 0.6) is 0 Å². The molecule has 0 heterocycles. The fourth-order valence-electron chi connectivity index (χ4n) is 1.39. The molecule has 5 heteroatoms. The standard InChI is InChI=1S/C12H20N2O3/c1-3-4-10(12(16)17)14-11(15)6-5-9(2)7-8-13/h1,9-10H,4-8,13H2,2H3,(H,14,15)(H,16,17). The predicted octanol–water partition coefficient (Wildman–Crippen LogP) is 0.344. The maximum atomic E-state index is 11.5. The molecule has 5 nitrogen and oxygen atoms in total. The molecule has 0 saturated heterocycles. The fraction of sp³-hybridized carbons (Fsp3) is 0.667. The van der Waals surface area contributed by atoms with Crippen LogP contribution in [0.25, 0.3) is 0 Å². The van der Waals surface area contributed by atoms with Crippen LogP contribution in [0.3, 0.4) is 0 Å². The van der Waals surface area contributed by atoms with Crippen LogP contribution in [0, 0.1) is 18.3 Å². The van der Waals surface area contributed by atoms with Crippen molar-refractivity contribution in [3.63, 3.8) is 0 Å². The van der Waals surface area contributed by atoms with Gasteiger partial charge in [-0.1, -0.05) is 6.92 Å². The van der Waals surface area contributed by atoms with Crippen molar-refractivity contribution in [2.75, 3.05) is 6.54 Å². The lowest BCUT2D eigenvalue weighted by Gasteiger charge is -2.13. The smallest absolute Gasteiger partial charge is 0.327 e. The van der Waals surface area contributed by atoms with Gasteiger partial charge in [-0.3, -0.25) is 4.79 Å². The van der Waals surface area contributed by atoms with Crippen LogP contribution in [0.4, 0.5) is 0 Å². The van der Waals surface area contributed by atoms with E-state index in [1.807, 2.05) is 6.92 Å². The first-order chi connectivity index (χ1) is 8.01. The normalized spacial score (nSPS) is 13.5. The quantitative estimate of drug-likeness (QED) is 0.533. The molecule has 17 heavy (non-hydrogen) atoms. The summed E-state index contributed by atoms with van der Waals surface area (Å²) in [6.45, 7) is 2.61. The summed E-state index contributed by atoms with van der Waals surface area (Å²) in [5, 5.41) is 11.2. The minimum absolute atomic E-state index is 0.000569. The Morgan fingerprint density at radius 3 is 2.59 bits per heavy atom. The summed E-state index contributed by atoms with van der Waals surface area (Å²) >= 11 is 0. The number of hydrogen-bond donors (Lipinski definition) is 3. The molecule has 0 spiro atoms. The third kappa shape index (κ3) is 7.36. The molecule has 0 fully saturated rings. The van der Waals surface area contributed by atoms with Crippen LogP contribution in [-0.4, -0.2) is 29.6 Å². The van der Waals surface area contributed by atoms with E-state index in [-0.39, 0.29) is 12.3 Å². The topological polar surface area (TPSA) is 92.4 Å². The minimum Gasteiger partial charge on any atom is -0.480 e. The summed E-state index contributed by atoms with van der Waals surface area (Å²) in [5.41, 5.74) is 5.40. The molecule has 0 aliphatic rings. The van der Waals surface area contributed by atoms with Gasteiger partial charge in [-0.25, -0.2) is 4.79 Å². The Morgan fingerprint density at radius 2 is 2.12 bits per heavy atom. The fourth-order valence-corrected chi connectivity index (χ4v) is 1.39. The molecule has 0 saturated carbocycles. The van der Waals surface area contributed by atoms with Crippen molar-refractivity contribution in [2.45, 2.75) is 38.6 Å². The monoisotopic (exact) mass is 240 g/mol. The summed E-state index contributed by atoms with van der Waals surface area (Å²) in [4.78, 5) is 22.2. The Hall–Kier alpha value is -1.54. The maximum Gasteiger partial charge on any atom is 0.327 e. The van der Waals surface area contributed by atoms with Crippen molar-refractivity contribution in [3.8, 4) is 12.3 Å². The van der Waals surface area contributed by atoms with E-state index in [4.69, 9.17) is 17.3 Å². The number of amides is 1. The van der Waals surface area contributed by atoms with E-state index < -0.39 is 12.0 Å². The van der Waals surface area contributed by atoms with Crippen LogP contribution < -0.4 is 11.1 Å². The number of nitrogens with one attached hydrogen (secondary N) is 1. The number of carbonyl (C=O) groups is 2. The summed E-state index contributed by atoms with van der Waals surface area (Å²) < 4.78 is 0. The first-order valence-corrected chi connectivity index (χ1v) is 5.67. The van der Waals surface area contributed by atoms with Gasteiger partial charge in [0.2, 0.25) is 5.91 Å². The van der Waals surface area contributed by atoms with Crippen molar-refractivity contribution in [2.24, 2.45) is 11.7 Å². The number of carbonyl (C=O) groups excluding carboxylic acids is 1. The van der Waals surface area contributed by atoms with Crippen LogP contribution in [0.2, 0.25) is 0 Å². The number of rotatable bonds is 8. The number of hydrogen-bond acceptors (Lipinski definition) is 3. The zero-order chi connectivity index (χ0) is 13.3. The van der Waals surface area contributed by atoms with Crippen LogP contribution in [-0.2, 0) is 9.59 Å². The lowest BCUT2D eigenvalue weighted by molar-refractivity contribution is -0.141. The molecular formula is C12H20N2O3. The molecule has 4 N–H and O–H groups in total. The second kappa shape index (κ2) is 8.59. The Morgan fingerprint density at radius 1 is 1.47 bits per heavy atom. The van der Waals surface area contributed by atoms with Crippen LogP contribution in [0.1, 0.15) is 32.6 Å². The van der Waals surface area contributed by atoms with Gasteiger partial charge in [0.15, 0.2) is 0 Å². The van der Waals surface area contributed by atoms with E-state index in [1.54, 1.807) is 0 Å². The molecule has 0 aromatic heterocycles. The Kier molecular flexibility index (Phi) is 7.82. The van der Waals surface area contributed by atoms with Crippen LogP contribution >= 0.6 is 0 Å². The number of terminal acetylenes is 1. The molecule has 0 bridgehead atoms. The Bertz CT molecular complexity index is 297. The molecule has 1 amide bonds. The first-order valence-electron chi connectivity index (χ1n) is 5.67. The number of carboxylic acid groups (broad SMARTS) is 1. The second-order valence-electron chi connectivity index (χ2n) is 4.09. The molecule has 0 aromatic carbocycles. The Balaban J connectivity index is 3.99. The molecule has 2 atom stereocenters. The highest BCUT2D eigenvalue weighted by molar-refractivity contribution is 5.83. The molecule has 0 aromatic rings. The van der Waals surface area contributed by atoms with E-state index in [0.29, 0.717) is 25.3 Å². The maximum absolute atomic E-state index is 11.5. The van der Waals surface area contributed by atoms with Gasteiger partial charge in [-0.05, 0) is 25.3 Å². The highest BCUT2D eigenvalue weighted by Gasteiger charge is 2.18. The molecule has 0 radical (unpaired) electrons. The van der Waals surface area contributed by atoms with E-state index in [9.17, 15) is 9.59 Å². The van der Waals surface area contributed by atoms with E-state index in [2.05, 4.69) is 11.2 Å². The minimum atomic E-state index is -1.11. The van der Waals surface area contributed by atoms with E-state index >= 15 is 0 Å². The van der Waals surface area contributed by atoms with Gasteiger partial charge in [0.25, 0.3) is 0 Å². The van der Waals surface area contributed by atoms with Gasteiger partial charge >= 0.3 is 5.97 Å². The lowest BCUT2D eigenvalue weighted by Crippen LogP contribution is -2.40. The first kappa shape index (κ1) is 15.5. The average molecular weight is 240 g/mol. The van der Waals surface area contributed by atoms with Crippen molar-refractivity contribution in [3.05, 3.63) is 0 Å². The molecule has 0 aliphatic carbocycles. The molecule has 0 rings (SSSR count). The zero-order valence-corrected chi connectivity index (χ0v) is 10.1.